The Hall–Kier alpha value is -0.240. The Bertz CT molecular complexity index is 68.5. The summed E-state index contributed by atoms with van der Waals surface area (Å²) in [7, 11) is 0. The summed E-state index contributed by atoms with van der Waals surface area (Å²) in [5, 5.41) is 0. The Morgan fingerprint density at radius 2 is 2.43 bits per heavy atom. The molecule has 0 aliphatic rings. The average molecular weight is 118 g/mol. The zero-order chi connectivity index (χ0) is 5.54. The fourth-order valence-electron chi connectivity index (χ4n) is 0.188. The van der Waals surface area contributed by atoms with Crippen molar-refractivity contribution in [3.63, 3.8) is 0 Å². The molecule has 0 aromatic heterocycles. The lowest BCUT2D eigenvalue weighted by atomic mass is 10.5. The van der Waals surface area contributed by atoms with E-state index in [1.165, 1.54) is 0 Å². The van der Waals surface area contributed by atoms with E-state index in [1.807, 2.05) is 0 Å². The molecule has 0 saturated heterocycles. The Balaban J connectivity index is 2.92. The lowest BCUT2D eigenvalue weighted by Gasteiger charge is -1.73. The zero-order valence-electron chi connectivity index (χ0n) is 3.93. The highest BCUT2D eigenvalue weighted by molar-refractivity contribution is 7.94. The quantitative estimate of drug-likeness (QED) is 0.512. The molecule has 0 spiro atoms. The van der Waals surface area contributed by atoms with Crippen molar-refractivity contribution >= 4 is 12.1 Å². The Kier molecular flexibility index (Phi) is 5.56. The van der Waals surface area contributed by atoms with Crippen LogP contribution < -0.4 is 0 Å². The van der Waals surface area contributed by atoms with Gasteiger partial charge in [-0.2, -0.15) is 3.89 Å². The Labute approximate surface area is 47.4 Å². The predicted molar refractivity (Wildman–Crippen MR) is 32.9 cm³/mol. The topological polar surface area (TPSA) is 0 Å². The highest BCUT2D eigenvalue weighted by Gasteiger charge is 1.70. The van der Waals surface area contributed by atoms with Crippen LogP contribution in [-0.2, 0) is 0 Å². The summed E-state index contributed by atoms with van der Waals surface area (Å²) in [5.41, 5.74) is 0. The Morgan fingerprint density at radius 1 is 1.71 bits per heavy atom. The van der Waals surface area contributed by atoms with Crippen LogP contribution in [0.25, 0.3) is 0 Å². The number of hydrogen-bond acceptors (Lipinski definition) is 1. The first-order chi connectivity index (χ1) is 3.41. The molecule has 0 fully saturated rings. The molecule has 0 atom stereocenters. The zero-order valence-corrected chi connectivity index (χ0v) is 4.75. The molecule has 0 radical (unpaired) electrons. The molecule has 0 saturated carbocycles. The minimum Gasteiger partial charge on any atom is -0.165 e. The van der Waals surface area contributed by atoms with Crippen LogP contribution in [0.5, 0.6) is 0 Å². The smallest absolute Gasteiger partial charge is 0.0484 e. The van der Waals surface area contributed by atoms with Gasteiger partial charge in [-0.05, 0) is 0 Å². The molecule has 0 nitrogen and oxygen atoms in total. The lowest BCUT2D eigenvalue weighted by Crippen LogP contribution is -1.58. The summed E-state index contributed by atoms with van der Waals surface area (Å²) in [6.45, 7) is 3.41. The predicted octanol–water partition coefficient (Wildman–Crippen LogP) is 2.35. The van der Waals surface area contributed by atoms with Crippen molar-refractivity contribution in [3.05, 3.63) is 24.8 Å². The van der Waals surface area contributed by atoms with Crippen LogP contribution in [0.4, 0.5) is 3.89 Å². The van der Waals surface area contributed by atoms with Gasteiger partial charge in [0.05, 0.1) is 0 Å². The number of hydrogen-bond donors (Lipinski definition) is 0. The molecule has 0 bridgehead atoms. The van der Waals surface area contributed by atoms with Crippen molar-refractivity contribution in [1.29, 1.82) is 0 Å². The van der Waals surface area contributed by atoms with Crippen molar-refractivity contribution in [1.82, 2.24) is 0 Å². The highest BCUT2D eigenvalue weighted by atomic mass is 32.2. The van der Waals surface area contributed by atoms with E-state index in [1.54, 1.807) is 18.2 Å². The van der Waals surface area contributed by atoms with Crippen LogP contribution in [0.3, 0.4) is 0 Å². The molecule has 0 amide bonds. The highest BCUT2D eigenvalue weighted by Crippen LogP contribution is 1.98. The van der Waals surface area contributed by atoms with E-state index in [2.05, 4.69) is 6.58 Å². The molecule has 0 aromatic carbocycles. The van der Waals surface area contributed by atoms with Gasteiger partial charge in [0.2, 0.25) is 0 Å². The molecule has 0 rings (SSSR count). The van der Waals surface area contributed by atoms with E-state index in [9.17, 15) is 3.89 Å². The summed E-state index contributed by atoms with van der Waals surface area (Å²) in [6, 6.07) is 0. The maximum atomic E-state index is 11.1. The standard InChI is InChI=1S/C5H7FS/c1-2-3-4-5-7-6/h2-4H,1,5H2/b4-3+. The van der Waals surface area contributed by atoms with Crippen LogP contribution in [-0.4, -0.2) is 5.75 Å². The molecule has 2 heteroatoms. The molecule has 0 aliphatic heterocycles. The summed E-state index contributed by atoms with van der Waals surface area (Å²) in [6.07, 6.45) is 5.04. The second kappa shape index (κ2) is 5.76. The second-order valence-corrected chi connectivity index (χ2v) is 1.49. The van der Waals surface area contributed by atoms with Crippen LogP contribution in [0.2, 0.25) is 0 Å². The first-order valence-electron chi connectivity index (χ1n) is 1.93. The van der Waals surface area contributed by atoms with Gasteiger partial charge in [0.25, 0.3) is 0 Å². The van der Waals surface area contributed by atoms with Crippen LogP contribution >= 0.6 is 12.1 Å². The first kappa shape index (κ1) is 6.76. The van der Waals surface area contributed by atoms with Gasteiger partial charge in [-0.15, -0.1) is 0 Å². The average Bonchev–Trinajstić information content (AvgIpc) is 1.69. The van der Waals surface area contributed by atoms with Crippen molar-refractivity contribution in [2.75, 3.05) is 5.75 Å². The fraction of sp³-hybridized carbons (Fsp3) is 0.200. The third kappa shape index (κ3) is 5.76. The molecule has 0 aromatic rings. The van der Waals surface area contributed by atoms with Gasteiger partial charge in [0.15, 0.2) is 0 Å². The van der Waals surface area contributed by atoms with Crippen molar-refractivity contribution < 1.29 is 3.89 Å². The summed E-state index contributed by atoms with van der Waals surface area (Å²) in [4.78, 5) is 0. The number of allylic oxidation sites excluding steroid dienone is 2. The molecule has 0 N–H and O–H groups in total. The summed E-state index contributed by atoms with van der Waals surface area (Å²) in [5.74, 6) is 0.423. The lowest BCUT2D eigenvalue weighted by molar-refractivity contribution is 0.940. The van der Waals surface area contributed by atoms with E-state index in [0.717, 1.165) is 0 Å². The van der Waals surface area contributed by atoms with Crippen molar-refractivity contribution in [3.8, 4) is 0 Å². The second-order valence-electron chi connectivity index (χ2n) is 0.940. The third-order valence-corrected chi connectivity index (χ3v) is 0.750. The molecule has 0 heterocycles. The number of rotatable bonds is 3. The van der Waals surface area contributed by atoms with Crippen LogP contribution in [0, 0.1) is 0 Å². The van der Waals surface area contributed by atoms with Crippen molar-refractivity contribution in [2.24, 2.45) is 0 Å². The first-order valence-corrected chi connectivity index (χ1v) is 2.81. The molecule has 40 valence electrons. The van der Waals surface area contributed by atoms with Gasteiger partial charge in [-0.1, -0.05) is 24.8 Å². The third-order valence-electron chi connectivity index (χ3n) is 0.431. The SMILES string of the molecule is C=C/C=C/CSF. The molecule has 0 aliphatic carbocycles. The summed E-state index contributed by atoms with van der Waals surface area (Å²) < 4.78 is 11.1. The minimum absolute atomic E-state index is 0.307. The van der Waals surface area contributed by atoms with Gasteiger partial charge >= 0.3 is 0 Å². The van der Waals surface area contributed by atoms with Gasteiger partial charge in [-0.3, -0.25) is 0 Å². The van der Waals surface area contributed by atoms with E-state index < -0.39 is 0 Å². The van der Waals surface area contributed by atoms with Gasteiger partial charge < -0.3 is 0 Å². The Morgan fingerprint density at radius 3 is 2.86 bits per heavy atom. The maximum Gasteiger partial charge on any atom is 0.0484 e. The number of halogens is 1. The van der Waals surface area contributed by atoms with Gasteiger partial charge in [-0.25, -0.2) is 0 Å². The van der Waals surface area contributed by atoms with E-state index in [4.69, 9.17) is 0 Å². The van der Waals surface area contributed by atoms with Gasteiger partial charge in [0, 0.05) is 17.9 Å². The minimum atomic E-state index is 0.307. The van der Waals surface area contributed by atoms with Crippen LogP contribution in [0.1, 0.15) is 0 Å². The van der Waals surface area contributed by atoms with Crippen molar-refractivity contribution in [2.45, 2.75) is 0 Å². The van der Waals surface area contributed by atoms with E-state index >= 15 is 0 Å². The molecule has 0 unspecified atom stereocenters. The maximum absolute atomic E-state index is 11.1. The normalized spacial score (nSPS) is 9.86. The van der Waals surface area contributed by atoms with E-state index in [0.29, 0.717) is 17.9 Å². The monoisotopic (exact) mass is 118 g/mol. The van der Waals surface area contributed by atoms with Gasteiger partial charge in [0.1, 0.15) is 0 Å². The largest absolute Gasteiger partial charge is 0.165 e. The van der Waals surface area contributed by atoms with E-state index in [-0.39, 0.29) is 0 Å². The fourth-order valence-corrected chi connectivity index (χ4v) is 0.372. The summed E-state index contributed by atoms with van der Waals surface area (Å²) >= 11 is 0.307. The molecular formula is C5H7FS. The molecular weight excluding hydrogens is 111 g/mol. The molecule has 7 heavy (non-hydrogen) atoms. The van der Waals surface area contributed by atoms with Crippen LogP contribution in [0.15, 0.2) is 24.8 Å².